The Hall–Kier alpha value is -3.53. The molecule has 3 aromatic rings. The first kappa shape index (κ1) is 21.7. The summed E-state index contributed by atoms with van der Waals surface area (Å²) in [7, 11) is 1.71. The molecule has 0 amide bonds. The third-order valence-corrected chi connectivity index (χ3v) is 6.15. The summed E-state index contributed by atoms with van der Waals surface area (Å²) >= 11 is 0. The molecule has 0 aromatic heterocycles. The lowest BCUT2D eigenvalue weighted by Gasteiger charge is -2.20. The van der Waals surface area contributed by atoms with Crippen LogP contribution in [-0.2, 0) is 17.6 Å². The van der Waals surface area contributed by atoms with E-state index in [1.807, 2.05) is 19.1 Å². The van der Waals surface area contributed by atoms with Gasteiger partial charge in [0.25, 0.3) is 0 Å². The molecule has 0 aliphatic carbocycles. The van der Waals surface area contributed by atoms with Crippen LogP contribution in [0.15, 0.2) is 72.1 Å². The van der Waals surface area contributed by atoms with E-state index in [2.05, 4.69) is 73.0 Å². The molecule has 0 bridgehead atoms. The van der Waals surface area contributed by atoms with Crippen molar-refractivity contribution in [1.82, 2.24) is 10.6 Å². The quantitative estimate of drug-likeness (QED) is 0.498. The first-order chi connectivity index (χ1) is 15.5. The molecule has 0 saturated heterocycles. The number of nitrogens with one attached hydrogen (secondary N) is 2. The largest absolute Gasteiger partial charge is 0.496 e. The molecule has 0 fully saturated rings. The SMILES string of the molecule is COc1ccc(C2NC(C)=C(C=O)N2)cc1-c1c(C)cc(CCc2ccccc2)cc1C. The standard InChI is InChI=1S/C28H30N2O2/c1-18-14-22(11-10-21-8-6-5-7-9-21)15-19(2)27(18)24-16-23(12-13-26(24)32-4)28-29-20(3)25(17-31)30-28/h5-9,12-17,28-30H,10-11H2,1-4H3. The number of hydrogen-bond acceptors (Lipinski definition) is 4. The summed E-state index contributed by atoms with van der Waals surface area (Å²) < 4.78 is 5.72. The minimum atomic E-state index is -0.134. The van der Waals surface area contributed by atoms with Gasteiger partial charge in [0.2, 0.25) is 0 Å². The minimum Gasteiger partial charge on any atom is -0.496 e. The van der Waals surface area contributed by atoms with Gasteiger partial charge >= 0.3 is 0 Å². The lowest BCUT2D eigenvalue weighted by atomic mass is 9.90. The molecule has 1 heterocycles. The highest BCUT2D eigenvalue weighted by molar-refractivity contribution is 5.78. The summed E-state index contributed by atoms with van der Waals surface area (Å²) in [5.41, 5.74) is 9.95. The number of allylic oxidation sites excluding steroid dienone is 2. The zero-order valence-electron chi connectivity index (χ0n) is 19.2. The Morgan fingerprint density at radius 3 is 2.19 bits per heavy atom. The molecular weight excluding hydrogens is 396 g/mol. The Morgan fingerprint density at radius 1 is 0.875 bits per heavy atom. The van der Waals surface area contributed by atoms with Gasteiger partial charge in [-0.15, -0.1) is 0 Å². The van der Waals surface area contributed by atoms with Gasteiger partial charge in [0.1, 0.15) is 11.9 Å². The van der Waals surface area contributed by atoms with Crippen LogP contribution in [-0.4, -0.2) is 13.4 Å². The molecule has 1 aliphatic heterocycles. The number of benzene rings is 3. The maximum absolute atomic E-state index is 11.3. The van der Waals surface area contributed by atoms with E-state index in [-0.39, 0.29) is 6.17 Å². The molecule has 1 unspecified atom stereocenters. The number of aldehydes is 1. The van der Waals surface area contributed by atoms with Crippen molar-refractivity contribution in [1.29, 1.82) is 0 Å². The van der Waals surface area contributed by atoms with Gasteiger partial charge in [0.15, 0.2) is 6.29 Å². The highest BCUT2D eigenvalue weighted by Gasteiger charge is 2.23. The van der Waals surface area contributed by atoms with Crippen LogP contribution in [0.25, 0.3) is 11.1 Å². The van der Waals surface area contributed by atoms with E-state index in [9.17, 15) is 4.79 Å². The van der Waals surface area contributed by atoms with Crippen molar-refractivity contribution < 1.29 is 9.53 Å². The van der Waals surface area contributed by atoms with Crippen molar-refractivity contribution in [3.05, 3.63) is 99.9 Å². The fraction of sp³-hybridized carbons (Fsp3) is 0.250. The molecule has 4 heteroatoms. The second-order valence-corrected chi connectivity index (χ2v) is 8.43. The number of hydrogen-bond donors (Lipinski definition) is 2. The highest BCUT2D eigenvalue weighted by Crippen LogP contribution is 2.37. The van der Waals surface area contributed by atoms with Gasteiger partial charge in [-0.2, -0.15) is 0 Å². The third-order valence-electron chi connectivity index (χ3n) is 6.15. The maximum Gasteiger partial charge on any atom is 0.167 e. The van der Waals surface area contributed by atoms with Gasteiger partial charge in [0.05, 0.1) is 12.8 Å². The molecule has 0 spiro atoms. The molecule has 1 aliphatic rings. The number of carbonyl (C=O) groups is 1. The van der Waals surface area contributed by atoms with Crippen molar-refractivity contribution in [3.63, 3.8) is 0 Å². The second-order valence-electron chi connectivity index (χ2n) is 8.43. The number of carbonyl (C=O) groups excluding carboxylic acids is 1. The molecule has 32 heavy (non-hydrogen) atoms. The Morgan fingerprint density at radius 2 is 1.56 bits per heavy atom. The van der Waals surface area contributed by atoms with Gasteiger partial charge < -0.3 is 15.4 Å². The average molecular weight is 427 g/mol. The maximum atomic E-state index is 11.3. The van der Waals surface area contributed by atoms with Gasteiger partial charge in [-0.1, -0.05) is 48.5 Å². The molecule has 4 rings (SSSR count). The van der Waals surface area contributed by atoms with Crippen molar-refractivity contribution in [2.75, 3.05) is 7.11 Å². The van der Waals surface area contributed by atoms with E-state index in [1.54, 1.807) is 7.11 Å². The normalized spacial score (nSPS) is 15.3. The molecule has 4 nitrogen and oxygen atoms in total. The van der Waals surface area contributed by atoms with Gasteiger partial charge in [-0.25, -0.2) is 0 Å². The lowest BCUT2D eigenvalue weighted by Crippen LogP contribution is -2.23. The molecule has 0 saturated carbocycles. The van der Waals surface area contributed by atoms with E-state index in [0.717, 1.165) is 41.7 Å². The van der Waals surface area contributed by atoms with Gasteiger partial charge in [0, 0.05) is 11.3 Å². The molecule has 3 aromatic carbocycles. The average Bonchev–Trinajstić information content (AvgIpc) is 3.18. The Kier molecular flexibility index (Phi) is 6.31. The van der Waals surface area contributed by atoms with E-state index in [0.29, 0.717) is 5.70 Å². The Balaban J connectivity index is 1.64. The van der Waals surface area contributed by atoms with Crippen LogP contribution in [0.2, 0.25) is 0 Å². The summed E-state index contributed by atoms with van der Waals surface area (Å²) in [5.74, 6) is 0.843. The van der Waals surface area contributed by atoms with Crippen LogP contribution in [0.4, 0.5) is 0 Å². The third kappa shape index (κ3) is 4.40. The summed E-state index contributed by atoms with van der Waals surface area (Å²) in [5, 5.41) is 6.61. The first-order valence-electron chi connectivity index (χ1n) is 11.0. The van der Waals surface area contributed by atoms with Crippen molar-refractivity contribution in [3.8, 4) is 16.9 Å². The van der Waals surface area contributed by atoms with Gasteiger partial charge in [-0.3, -0.25) is 4.79 Å². The van der Waals surface area contributed by atoms with Crippen molar-refractivity contribution in [2.24, 2.45) is 0 Å². The number of rotatable bonds is 7. The summed E-state index contributed by atoms with van der Waals surface area (Å²) in [6.07, 6.45) is 2.77. The number of aryl methyl sites for hydroxylation is 4. The van der Waals surface area contributed by atoms with E-state index in [4.69, 9.17) is 4.74 Å². The molecule has 1 atom stereocenters. The summed E-state index contributed by atoms with van der Waals surface area (Å²) in [6.45, 7) is 6.25. The highest BCUT2D eigenvalue weighted by atomic mass is 16.5. The Bertz CT molecular complexity index is 1140. The fourth-order valence-corrected chi connectivity index (χ4v) is 4.54. The lowest BCUT2D eigenvalue weighted by molar-refractivity contribution is -0.105. The van der Waals surface area contributed by atoms with Crippen LogP contribution in [0.1, 0.15) is 40.9 Å². The molecule has 164 valence electrons. The van der Waals surface area contributed by atoms with Gasteiger partial charge in [-0.05, 0) is 79.1 Å². The predicted octanol–water partition coefficient (Wildman–Crippen LogP) is 5.39. The summed E-state index contributed by atoms with van der Waals surface area (Å²) in [4.78, 5) is 11.3. The molecule has 2 N–H and O–H groups in total. The first-order valence-corrected chi connectivity index (χ1v) is 11.0. The topological polar surface area (TPSA) is 50.4 Å². The van der Waals surface area contributed by atoms with Crippen LogP contribution in [0, 0.1) is 13.8 Å². The van der Waals surface area contributed by atoms with E-state index >= 15 is 0 Å². The zero-order chi connectivity index (χ0) is 22.7. The van der Waals surface area contributed by atoms with Crippen LogP contribution < -0.4 is 15.4 Å². The Labute approximate surface area is 190 Å². The monoisotopic (exact) mass is 426 g/mol. The molecule has 0 radical (unpaired) electrons. The molecular formula is C28H30N2O2. The number of methoxy groups -OCH3 is 1. The zero-order valence-corrected chi connectivity index (χ0v) is 19.2. The van der Waals surface area contributed by atoms with Crippen LogP contribution in [0.5, 0.6) is 5.75 Å². The van der Waals surface area contributed by atoms with Crippen LogP contribution >= 0.6 is 0 Å². The van der Waals surface area contributed by atoms with E-state index < -0.39 is 0 Å². The van der Waals surface area contributed by atoms with Crippen molar-refractivity contribution >= 4 is 6.29 Å². The summed E-state index contributed by atoms with van der Waals surface area (Å²) in [6, 6.07) is 21.4. The predicted molar refractivity (Wildman–Crippen MR) is 130 cm³/mol. The van der Waals surface area contributed by atoms with Crippen LogP contribution in [0.3, 0.4) is 0 Å². The number of ether oxygens (including phenoxy) is 1. The second kappa shape index (κ2) is 9.31. The fourth-order valence-electron chi connectivity index (χ4n) is 4.54. The van der Waals surface area contributed by atoms with Crippen molar-refractivity contribution in [2.45, 2.75) is 39.8 Å². The smallest absolute Gasteiger partial charge is 0.167 e. The minimum absolute atomic E-state index is 0.134. The van der Waals surface area contributed by atoms with E-state index in [1.165, 1.54) is 27.8 Å².